The quantitative estimate of drug-likeness (QED) is 0.223. The Morgan fingerprint density at radius 1 is 1.07 bits per heavy atom. The van der Waals surface area contributed by atoms with Crippen molar-refractivity contribution in [3.63, 3.8) is 0 Å². The maximum Gasteiger partial charge on any atom is 0.279 e. The summed E-state index contributed by atoms with van der Waals surface area (Å²) >= 11 is 0. The van der Waals surface area contributed by atoms with Crippen LogP contribution in [0.15, 0.2) is 59.4 Å². The third-order valence-electron chi connectivity index (χ3n) is 7.18. The first-order chi connectivity index (χ1) is 20.4. The first-order valence-electron chi connectivity index (χ1n) is 14.6. The highest BCUT2D eigenvalue weighted by atomic mass is 16.5. The molecule has 0 unspecified atom stereocenters. The first kappa shape index (κ1) is 30.9. The van der Waals surface area contributed by atoms with Gasteiger partial charge in [0.1, 0.15) is 29.8 Å². The summed E-state index contributed by atoms with van der Waals surface area (Å²) in [6, 6.07) is 16.3. The van der Waals surface area contributed by atoms with Crippen molar-refractivity contribution in [3.05, 3.63) is 87.6 Å². The van der Waals surface area contributed by atoms with Crippen molar-refractivity contribution in [3.8, 4) is 5.75 Å². The van der Waals surface area contributed by atoms with E-state index in [9.17, 15) is 14.7 Å². The van der Waals surface area contributed by atoms with E-state index in [1.165, 1.54) is 0 Å². The van der Waals surface area contributed by atoms with Gasteiger partial charge in [-0.3, -0.25) is 18.8 Å². The summed E-state index contributed by atoms with van der Waals surface area (Å²) in [4.78, 5) is 31.2. The van der Waals surface area contributed by atoms with E-state index in [1.54, 1.807) is 16.3 Å². The Morgan fingerprint density at radius 3 is 2.45 bits per heavy atom. The Morgan fingerprint density at radius 2 is 1.81 bits per heavy atom. The molecule has 0 aliphatic rings. The van der Waals surface area contributed by atoms with Gasteiger partial charge in [-0.15, -0.1) is 0 Å². The summed E-state index contributed by atoms with van der Waals surface area (Å²) in [6.45, 7) is 6.75. The van der Waals surface area contributed by atoms with Crippen LogP contribution in [-0.4, -0.2) is 56.3 Å². The fraction of sp³-hybridized carbons (Fsp3) is 0.438. The molecule has 0 bridgehead atoms. The van der Waals surface area contributed by atoms with Crippen LogP contribution >= 0.6 is 0 Å². The van der Waals surface area contributed by atoms with Crippen molar-refractivity contribution >= 4 is 16.9 Å². The van der Waals surface area contributed by atoms with Gasteiger partial charge in [-0.05, 0) is 36.6 Å². The Bertz CT molecular complexity index is 1510. The number of aliphatic hydroxyl groups excluding tert-OH is 1. The number of hydrogen-bond donors (Lipinski definition) is 2. The third-order valence-corrected chi connectivity index (χ3v) is 7.18. The molecule has 1 amide bonds. The molecule has 2 heterocycles. The molecule has 0 saturated carbocycles. The van der Waals surface area contributed by atoms with Crippen molar-refractivity contribution in [2.75, 3.05) is 19.8 Å². The van der Waals surface area contributed by atoms with Crippen LogP contribution in [0.25, 0.3) is 11.0 Å². The number of carbonyl (C=O) groups is 1. The van der Waals surface area contributed by atoms with Crippen molar-refractivity contribution in [1.82, 2.24) is 24.6 Å². The molecule has 2 aromatic carbocycles. The highest BCUT2D eigenvalue weighted by Crippen LogP contribution is 2.18. The lowest BCUT2D eigenvalue weighted by molar-refractivity contribution is -0.133. The smallest absolute Gasteiger partial charge is 0.279 e. The SMILES string of the molecule is CCCc1nn(C)c2c(=O)n(CCOc3ccc(C[C@H](OCC)C(=O)N[C@H](CO)c4ccccc4)cc3)c(CC)nc12. The van der Waals surface area contributed by atoms with E-state index in [-0.39, 0.29) is 18.1 Å². The molecule has 0 aliphatic carbocycles. The lowest BCUT2D eigenvalue weighted by Crippen LogP contribution is -2.41. The maximum atomic E-state index is 13.4. The van der Waals surface area contributed by atoms with E-state index in [1.807, 2.05) is 68.4 Å². The second-order valence-corrected chi connectivity index (χ2v) is 10.2. The minimum Gasteiger partial charge on any atom is -0.492 e. The number of benzene rings is 2. The fourth-order valence-electron chi connectivity index (χ4n) is 5.07. The van der Waals surface area contributed by atoms with Gasteiger partial charge in [-0.2, -0.15) is 5.10 Å². The average Bonchev–Trinajstić information content (AvgIpc) is 3.32. The Hall–Kier alpha value is -4.02. The lowest BCUT2D eigenvalue weighted by atomic mass is 10.0. The Kier molecular flexibility index (Phi) is 10.9. The maximum absolute atomic E-state index is 13.4. The molecule has 0 radical (unpaired) electrons. The molecule has 42 heavy (non-hydrogen) atoms. The predicted molar refractivity (Wildman–Crippen MR) is 162 cm³/mol. The van der Waals surface area contributed by atoms with Crippen LogP contribution < -0.4 is 15.6 Å². The van der Waals surface area contributed by atoms with Gasteiger partial charge in [0.05, 0.1) is 24.9 Å². The molecule has 2 atom stereocenters. The number of carbonyl (C=O) groups excluding carboxylic acids is 1. The van der Waals surface area contributed by atoms with Gasteiger partial charge in [0.2, 0.25) is 5.91 Å². The van der Waals surface area contributed by atoms with Gasteiger partial charge in [0.15, 0.2) is 5.52 Å². The number of aromatic nitrogens is 4. The monoisotopic (exact) mass is 575 g/mol. The fourth-order valence-corrected chi connectivity index (χ4v) is 5.07. The van der Waals surface area contributed by atoms with Crippen molar-refractivity contribution in [1.29, 1.82) is 0 Å². The van der Waals surface area contributed by atoms with Crippen LogP contribution in [0, 0.1) is 0 Å². The molecule has 0 aliphatic heterocycles. The second-order valence-electron chi connectivity index (χ2n) is 10.2. The minimum absolute atomic E-state index is 0.107. The molecule has 2 aromatic heterocycles. The number of aliphatic hydroxyl groups is 1. The number of fused-ring (bicyclic) bond motifs is 1. The standard InChI is InChI=1S/C32H41N5O5/c1-5-11-25-29-30(36(4)35-25)32(40)37(28(6-2)34-29)18-19-42-24-16-14-22(15-17-24)20-27(41-7-3)31(39)33-26(21-38)23-12-9-8-10-13-23/h8-10,12-17,26-27,38H,5-7,11,18-21H2,1-4H3,(H,33,39)/t26-,27+/m1/s1. The summed E-state index contributed by atoms with van der Waals surface area (Å²) in [7, 11) is 1.78. The third kappa shape index (κ3) is 7.24. The zero-order chi connectivity index (χ0) is 30.1. The number of nitrogens with zero attached hydrogens (tertiary/aromatic N) is 4. The molecule has 0 fully saturated rings. The molecule has 0 saturated heterocycles. The van der Waals surface area contributed by atoms with Gasteiger partial charge in [0.25, 0.3) is 5.56 Å². The summed E-state index contributed by atoms with van der Waals surface area (Å²) in [5, 5.41) is 17.3. The average molecular weight is 576 g/mol. The Balaban J connectivity index is 1.39. The van der Waals surface area contributed by atoms with Gasteiger partial charge in [-0.25, -0.2) is 4.98 Å². The van der Waals surface area contributed by atoms with Gasteiger partial charge < -0.3 is 19.9 Å². The largest absolute Gasteiger partial charge is 0.492 e. The summed E-state index contributed by atoms with van der Waals surface area (Å²) in [5.41, 5.74) is 3.70. The number of hydrogen-bond acceptors (Lipinski definition) is 7. The summed E-state index contributed by atoms with van der Waals surface area (Å²) < 4.78 is 15.0. The van der Waals surface area contributed by atoms with Crippen LogP contribution in [0.4, 0.5) is 0 Å². The van der Waals surface area contributed by atoms with E-state index in [2.05, 4.69) is 17.3 Å². The lowest BCUT2D eigenvalue weighted by Gasteiger charge is -2.22. The number of aryl methyl sites for hydroxylation is 3. The second kappa shape index (κ2) is 14.7. The minimum atomic E-state index is -0.703. The van der Waals surface area contributed by atoms with Crippen LogP contribution in [0.5, 0.6) is 5.75 Å². The van der Waals surface area contributed by atoms with E-state index < -0.39 is 12.1 Å². The van der Waals surface area contributed by atoms with E-state index in [0.29, 0.717) is 55.2 Å². The predicted octanol–water partition coefficient (Wildman–Crippen LogP) is 3.52. The summed E-state index contributed by atoms with van der Waals surface area (Å²) in [5.74, 6) is 1.09. The molecule has 4 aromatic rings. The van der Waals surface area contributed by atoms with Crippen LogP contribution in [0.3, 0.4) is 0 Å². The van der Waals surface area contributed by atoms with Crippen LogP contribution in [-0.2, 0) is 42.4 Å². The van der Waals surface area contributed by atoms with E-state index >= 15 is 0 Å². The molecule has 10 heteroatoms. The molecule has 2 N–H and O–H groups in total. The Labute approximate surface area is 246 Å². The topological polar surface area (TPSA) is 120 Å². The highest BCUT2D eigenvalue weighted by molar-refractivity contribution is 5.81. The molecule has 4 rings (SSSR count). The van der Waals surface area contributed by atoms with Gasteiger partial charge >= 0.3 is 0 Å². The zero-order valence-corrected chi connectivity index (χ0v) is 24.9. The molecule has 0 spiro atoms. The number of ether oxygens (including phenoxy) is 2. The number of amides is 1. The first-order valence-corrected chi connectivity index (χ1v) is 14.6. The number of nitrogens with one attached hydrogen (secondary N) is 1. The van der Waals surface area contributed by atoms with E-state index in [0.717, 1.165) is 29.7 Å². The van der Waals surface area contributed by atoms with Crippen LogP contribution in [0.1, 0.15) is 55.9 Å². The normalized spacial score (nSPS) is 12.8. The molecule has 10 nitrogen and oxygen atoms in total. The summed E-state index contributed by atoms with van der Waals surface area (Å²) in [6.07, 6.45) is 2.01. The molecular weight excluding hydrogens is 534 g/mol. The zero-order valence-electron chi connectivity index (χ0n) is 24.9. The number of rotatable bonds is 15. The van der Waals surface area contributed by atoms with Gasteiger partial charge in [-0.1, -0.05) is 62.7 Å². The van der Waals surface area contributed by atoms with Crippen molar-refractivity contribution in [2.45, 2.75) is 65.1 Å². The highest BCUT2D eigenvalue weighted by Gasteiger charge is 2.23. The van der Waals surface area contributed by atoms with E-state index in [4.69, 9.17) is 14.5 Å². The molecule has 224 valence electrons. The van der Waals surface area contributed by atoms with Crippen LogP contribution in [0.2, 0.25) is 0 Å². The van der Waals surface area contributed by atoms with Gasteiger partial charge in [0, 0.05) is 26.5 Å². The van der Waals surface area contributed by atoms with Crippen molar-refractivity contribution < 1.29 is 19.4 Å². The van der Waals surface area contributed by atoms with Crippen molar-refractivity contribution in [2.24, 2.45) is 7.05 Å². The molecular formula is C32H41N5O5.